The first kappa shape index (κ1) is 24.5. The molecule has 1 N–H and O–H groups in total. The highest BCUT2D eigenvalue weighted by atomic mass is 32.2. The van der Waals surface area contributed by atoms with Crippen LogP contribution in [0.2, 0.25) is 0 Å². The number of sulfonamides is 1. The van der Waals surface area contributed by atoms with E-state index in [2.05, 4.69) is 5.32 Å². The lowest BCUT2D eigenvalue weighted by Gasteiger charge is -2.31. The molecule has 2 aliphatic heterocycles. The topological polar surface area (TPSA) is 69.7 Å². The molecule has 184 valence electrons. The van der Waals surface area contributed by atoms with Crippen molar-refractivity contribution in [3.05, 3.63) is 53.6 Å². The number of amides is 1. The summed E-state index contributed by atoms with van der Waals surface area (Å²) < 4.78 is 67.1. The summed E-state index contributed by atoms with van der Waals surface area (Å²) in [6.45, 7) is 3.68. The van der Waals surface area contributed by atoms with Gasteiger partial charge < -0.3 is 10.2 Å². The Labute approximate surface area is 197 Å². The quantitative estimate of drug-likeness (QED) is 0.656. The normalized spacial score (nSPS) is 18.3. The van der Waals surface area contributed by atoms with Gasteiger partial charge in [0, 0.05) is 32.1 Å². The fourth-order valence-electron chi connectivity index (χ4n) is 4.50. The Balaban J connectivity index is 1.46. The fourth-order valence-corrected chi connectivity index (χ4v) is 5.97. The molecule has 0 unspecified atom stereocenters. The number of hydrogen-bond acceptors (Lipinski definition) is 4. The van der Waals surface area contributed by atoms with Gasteiger partial charge in [-0.25, -0.2) is 8.42 Å². The molecule has 0 radical (unpaired) electrons. The summed E-state index contributed by atoms with van der Waals surface area (Å²) in [5.41, 5.74) is 0.872. The predicted octanol–water partition coefficient (Wildman–Crippen LogP) is 4.65. The van der Waals surface area contributed by atoms with Crippen molar-refractivity contribution in [3.63, 3.8) is 0 Å². The third-order valence-electron chi connectivity index (χ3n) is 6.51. The number of halogens is 3. The summed E-state index contributed by atoms with van der Waals surface area (Å²) in [4.78, 5) is 15.2. The highest BCUT2D eigenvalue weighted by molar-refractivity contribution is 7.89. The van der Waals surface area contributed by atoms with Gasteiger partial charge in [-0.1, -0.05) is 17.7 Å². The molecule has 4 rings (SSSR count). The summed E-state index contributed by atoms with van der Waals surface area (Å²) in [6, 6.07) is 10.1. The van der Waals surface area contributed by atoms with Gasteiger partial charge in [-0.3, -0.25) is 4.79 Å². The minimum atomic E-state index is -4.52. The second kappa shape index (κ2) is 9.58. The molecule has 2 saturated heterocycles. The number of benzene rings is 2. The second-order valence-electron chi connectivity index (χ2n) is 8.90. The second-order valence-corrected chi connectivity index (χ2v) is 10.8. The Bertz CT molecular complexity index is 1140. The Morgan fingerprint density at radius 1 is 0.971 bits per heavy atom. The number of carbonyl (C=O) groups is 1. The molecule has 10 heteroatoms. The molecule has 2 aromatic rings. The molecule has 0 aromatic heterocycles. The van der Waals surface area contributed by atoms with E-state index in [1.165, 1.54) is 10.4 Å². The Kier molecular flexibility index (Phi) is 6.91. The van der Waals surface area contributed by atoms with Crippen LogP contribution < -0.4 is 10.2 Å². The van der Waals surface area contributed by atoms with E-state index in [1.807, 2.05) is 11.8 Å². The average Bonchev–Trinajstić information content (AvgIpc) is 3.33. The van der Waals surface area contributed by atoms with E-state index in [9.17, 15) is 26.4 Å². The highest BCUT2D eigenvalue weighted by Gasteiger charge is 2.34. The summed E-state index contributed by atoms with van der Waals surface area (Å²) in [6.07, 6.45) is -2.02. The van der Waals surface area contributed by atoms with Crippen LogP contribution in [0.1, 0.15) is 36.8 Å². The van der Waals surface area contributed by atoms with E-state index in [0.29, 0.717) is 18.5 Å². The number of nitrogens with one attached hydrogen (secondary N) is 1. The lowest BCUT2D eigenvalue weighted by atomic mass is 9.97. The number of alkyl halides is 3. The van der Waals surface area contributed by atoms with E-state index in [4.69, 9.17) is 0 Å². The maximum atomic E-state index is 13.3. The van der Waals surface area contributed by atoms with Crippen molar-refractivity contribution in [1.82, 2.24) is 4.31 Å². The molecule has 2 heterocycles. The predicted molar refractivity (Wildman–Crippen MR) is 124 cm³/mol. The first-order chi connectivity index (χ1) is 16.1. The third-order valence-corrected chi connectivity index (χ3v) is 8.42. The molecule has 0 aliphatic carbocycles. The molecule has 0 bridgehead atoms. The first-order valence-corrected chi connectivity index (χ1v) is 12.8. The summed E-state index contributed by atoms with van der Waals surface area (Å²) >= 11 is 0. The van der Waals surface area contributed by atoms with Crippen LogP contribution in [-0.2, 0) is 21.0 Å². The van der Waals surface area contributed by atoms with Crippen LogP contribution in [-0.4, -0.2) is 44.8 Å². The van der Waals surface area contributed by atoms with Crippen LogP contribution >= 0.6 is 0 Å². The van der Waals surface area contributed by atoms with Gasteiger partial charge in [0.25, 0.3) is 0 Å². The molecule has 2 aliphatic rings. The van der Waals surface area contributed by atoms with Crippen LogP contribution in [0.15, 0.2) is 47.4 Å². The third kappa shape index (κ3) is 5.22. The van der Waals surface area contributed by atoms with E-state index in [-0.39, 0.29) is 29.6 Å². The lowest BCUT2D eigenvalue weighted by Crippen LogP contribution is -2.41. The van der Waals surface area contributed by atoms with E-state index >= 15 is 0 Å². The largest absolute Gasteiger partial charge is 0.416 e. The summed E-state index contributed by atoms with van der Waals surface area (Å²) in [5, 5.41) is 2.71. The molecular weight excluding hydrogens is 467 g/mol. The number of anilines is 2. The van der Waals surface area contributed by atoms with Crippen LogP contribution in [0.4, 0.5) is 24.5 Å². The number of aryl methyl sites for hydroxylation is 1. The molecule has 0 atom stereocenters. The van der Waals surface area contributed by atoms with Crippen molar-refractivity contribution in [1.29, 1.82) is 0 Å². The molecular formula is C24H28F3N3O3S. The average molecular weight is 496 g/mol. The van der Waals surface area contributed by atoms with Gasteiger partial charge in [0.05, 0.1) is 21.8 Å². The Hall–Kier alpha value is -2.59. The summed E-state index contributed by atoms with van der Waals surface area (Å²) in [7, 11) is -3.66. The van der Waals surface area contributed by atoms with Crippen molar-refractivity contribution in [3.8, 4) is 0 Å². The molecule has 2 aromatic carbocycles. The van der Waals surface area contributed by atoms with E-state index < -0.39 is 27.7 Å². The Morgan fingerprint density at radius 2 is 1.59 bits per heavy atom. The van der Waals surface area contributed by atoms with Gasteiger partial charge in [0.15, 0.2) is 0 Å². The van der Waals surface area contributed by atoms with Crippen molar-refractivity contribution >= 4 is 27.3 Å². The van der Waals surface area contributed by atoms with Crippen molar-refractivity contribution in [2.24, 2.45) is 5.92 Å². The summed E-state index contributed by atoms with van der Waals surface area (Å²) in [5.74, 6) is -0.863. The highest BCUT2D eigenvalue weighted by Crippen LogP contribution is 2.37. The zero-order valence-electron chi connectivity index (χ0n) is 18.9. The van der Waals surface area contributed by atoms with E-state index in [0.717, 1.165) is 43.6 Å². The number of carbonyl (C=O) groups excluding carboxylic acids is 1. The zero-order valence-corrected chi connectivity index (χ0v) is 19.8. The van der Waals surface area contributed by atoms with Gasteiger partial charge in [-0.05, 0) is 62.9 Å². The van der Waals surface area contributed by atoms with Crippen LogP contribution in [0.25, 0.3) is 0 Å². The first-order valence-electron chi connectivity index (χ1n) is 11.4. The SMILES string of the molecule is Cc1ccc(S(=O)(=O)N2CCC(C(=O)Nc3cc(C(F)(F)F)ccc3N3CCCC3)CC2)cc1. The lowest BCUT2D eigenvalue weighted by molar-refractivity contribution is -0.137. The molecule has 34 heavy (non-hydrogen) atoms. The maximum Gasteiger partial charge on any atom is 0.416 e. The number of piperidine rings is 1. The zero-order chi connectivity index (χ0) is 24.5. The van der Waals surface area contributed by atoms with Gasteiger partial charge in [-0.15, -0.1) is 0 Å². The Morgan fingerprint density at radius 3 is 2.18 bits per heavy atom. The standard InChI is InChI=1S/C24H28F3N3O3S/c1-17-4-7-20(8-5-17)34(32,33)30-14-10-18(11-15-30)23(31)28-21-16-19(24(25,26)27)6-9-22(21)29-12-2-3-13-29/h4-9,16,18H,2-3,10-15H2,1H3,(H,28,31). The molecule has 0 spiro atoms. The minimum Gasteiger partial charge on any atom is -0.370 e. The number of hydrogen-bond donors (Lipinski definition) is 1. The van der Waals surface area contributed by atoms with Crippen LogP contribution in [0.5, 0.6) is 0 Å². The van der Waals surface area contributed by atoms with Crippen molar-refractivity contribution < 1.29 is 26.4 Å². The van der Waals surface area contributed by atoms with Gasteiger partial charge in [-0.2, -0.15) is 17.5 Å². The van der Waals surface area contributed by atoms with Gasteiger partial charge >= 0.3 is 6.18 Å². The van der Waals surface area contributed by atoms with Crippen LogP contribution in [0.3, 0.4) is 0 Å². The van der Waals surface area contributed by atoms with E-state index in [1.54, 1.807) is 24.3 Å². The molecule has 2 fully saturated rings. The minimum absolute atomic E-state index is 0.149. The fraction of sp³-hybridized carbons (Fsp3) is 0.458. The molecule has 6 nitrogen and oxygen atoms in total. The maximum absolute atomic E-state index is 13.3. The van der Waals surface area contributed by atoms with Gasteiger partial charge in [0.2, 0.25) is 15.9 Å². The van der Waals surface area contributed by atoms with Crippen LogP contribution in [0, 0.1) is 12.8 Å². The van der Waals surface area contributed by atoms with Gasteiger partial charge in [0.1, 0.15) is 0 Å². The molecule has 1 amide bonds. The molecule has 0 saturated carbocycles. The monoisotopic (exact) mass is 495 g/mol. The van der Waals surface area contributed by atoms with Crippen molar-refractivity contribution in [2.45, 2.75) is 43.7 Å². The smallest absolute Gasteiger partial charge is 0.370 e. The number of nitrogens with zero attached hydrogens (tertiary/aromatic N) is 2. The number of rotatable bonds is 5. The van der Waals surface area contributed by atoms with Crippen molar-refractivity contribution in [2.75, 3.05) is 36.4 Å².